The number of carbonyl (C=O) groups is 1. The molecule has 0 bridgehead atoms. The summed E-state index contributed by atoms with van der Waals surface area (Å²) < 4.78 is 5.99. The van der Waals surface area contributed by atoms with Gasteiger partial charge >= 0.3 is 5.97 Å². The summed E-state index contributed by atoms with van der Waals surface area (Å²) in [4.78, 5) is 12.7. The van der Waals surface area contributed by atoms with Crippen molar-refractivity contribution in [2.75, 3.05) is 0 Å². The molecule has 3 nitrogen and oxygen atoms in total. The number of ether oxygens (including phenoxy) is 1. The van der Waals surface area contributed by atoms with E-state index < -0.39 is 0 Å². The lowest BCUT2D eigenvalue weighted by atomic mass is 9.65. The third-order valence-electron chi connectivity index (χ3n) is 8.97. The zero-order valence-corrected chi connectivity index (χ0v) is 19.7. The van der Waals surface area contributed by atoms with Crippen LogP contribution in [0.2, 0.25) is 0 Å². The number of esters is 1. The van der Waals surface area contributed by atoms with Crippen LogP contribution < -0.4 is 0 Å². The van der Waals surface area contributed by atoms with Crippen molar-refractivity contribution in [1.29, 1.82) is 5.26 Å². The van der Waals surface area contributed by atoms with Gasteiger partial charge in [-0.05, 0) is 101 Å². The Bertz CT molecular complexity index is 556. The van der Waals surface area contributed by atoms with E-state index in [1.54, 1.807) is 0 Å². The first-order valence-corrected chi connectivity index (χ1v) is 13.2. The number of nitrogens with zero attached hydrogens (tertiary/aromatic N) is 1. The van der Waals surface area contributed by atoms with E-state index in [4.69, 9.17) is 4.74 Å². The van der Waals surface area contributed by atoms with Gasteiger partial charge in [0.15, 0.2) is 0 Å². The Morgan fingerprint density at radius 3 is 2.10 bits per heavy atom. The van der Waals surface area contributed by atoms with Crippen molar-refractivity contribution in [2.45, 2.75) is 129 Å². The van der Waals surface area contributed by atoms with E-state index in [0.717, 1.165) is 62.7 Å². The van der Waals surface area contributed by atoms with Gasteiger partial charge in [0.1, 0.15) is 6.10 Å². The molecule has 3 aliphatic rings. The molecule has 0 atom stereocenters. The number of rotatable bonds is 8. The maximum Gasteiger partial charge on any atom is 0.309 e. The molecule has 0 radical (unpaired) electrons. The fraction of sp³-hybridized carbons (Fsp3) is 0.926. The van der Waals surface area contributed by atoms with E-state index in [9.17, 15) is 10.1 Å². The largest absolute Gasteiger partial charge is 0.462 e. The maximum atomic E-state index is 12.7. The highest BCUT2D eigenvalue weighted by atomic mass is 16.5. The van der Waals surface area contributed by atoms with Gasteiger partial charge in [0.05, 0.1) is 17.4 Å². The van der Waals surface area contributed by atoms with E-state index >= 15 is 0 Å². The summed E-state index contributed by atoms with van der Waals surface area (Å²) in [6.07, 6.45) is 20.2. The van der Waals surface area contributed by atoms with Crippen LogP contribution in [0, 0.1) is 40.4 Å². The predicted octanol–water partition coefficient (Wildman–Crippen LogP) is 7.59. The average Bonchev–Trinajstić information content (AvgIpc) is 2.80. The van der Waals surface area contributed by atoms with Gasteiger partial charge in [-0.1, -0.05) is 39.5 Å². The molecule has 3 aliphatic carbocycles. The van der Waals surface area contributed by atoms with E-state index in [1.165, 1.54) is 64.2 Å². The van der Waals surface area contributed by atoms with E-state index in [0.29, 0.717) is 0 Å². The maximum absolute atomic E-state index is 12.7. The summed E-state index contributed by atoms with van der Waals surface area (Å²) in [6.45, 7) is 4.43. The van der Waals surface area contributed by atoms with Gasteiger partial charge in [0.25, 0.3) is 0 Å². The number of hydrogen-bond donors (Lipinski definition) is 0. The molecule has 0 saturated heterocycles. The molecule has 0 heterocycles. The van der Waals surface area contributed by atoms with Crippen molar-refractivity contribution in [1.82, 2.24) is 0 Å². The van der Waals surface area contributed by atoms with Crippen molar-refractivity contribution in [3.05, 3.63) is 0 Å². The first-order chi connectivity index (χ1) is 14.6. The number of unbranched alkanes of at least 4 members (excludes halogenated alkanes) is 2. The fourth-order valence-corrected chi connectivity index (χ4v) is 6.52. The van der Waals surface area contributed by atoms with Gasteiger partial charge in [-0.15, -0.1) is 0 Å². The molecule has 0 aliphatic heterocycles. The minimum Gasteiger partial charge on any atom is -0.462 e. The molecular formula is C27H45NO2. The van der Waals surface area contributed by atoms with Gasteiger partial charge in [0, 0.05) is 0 Å². The molecule has 3 fully saturated rings. The summed E-state index contributed by atoms with van der Waals surface area (Å²) in [6, 6.07) is 2.61. The first-order valence-electron chi connectivity index (χ1n) is 13.2. The molecule has 3 rings (SSSR count). The Kier molecular flexibility index (Phi) is 9.09. The smallest absolute Gasteiger partial charge is 0.309 e. The SMILES string of the molecule is CCCCC[C@H]1CC[C@H](C(=O)OC2CCC(C3CCC(C#N)(CC)CC3)CC2)CC1. The Balaban J connectivity index is 1.33. The minimum atomic E-state index is -0.0434. The van der Waals surface area contributed by atoms with Crippen LogP contribution in [0.5, 0.6) is 0 Å². The van der Waals surface area contributed by atoms with Crippen LogP contribution in [0.4, 0.5) is 0 Å². The minimum absolute atomic E-state index is 0.0434. The van der Waals surface area contributed by atoms with Crippen LogP contribution in [0.1, 0.15) is 123 Å². The highest BCUT2D eigenvalue weighted by molar-refractivity contribution is 5.72. The van der Waals surface area contributed by atoms with Crippen LogP contribution in [0.25, 0.3) is 0 Å². The van der Waals surface area contributed by atoms with Crippen molar-refractivity contribution in [3.63, 3.8) is 0 Å². The molecule has 0 unspecified atom stereocenters. The molecule has 0 amide bonds. The Labute approximate surface area is 185 Å². The summed E-state index contributed by atoms with van der Waals surface area (Å²) >= 11 is 0. The third kappa shape index (κ3) is 6.24. The van der Waals surface area contributed by atoms with E-state index in [-0.39, 0.29) is 23.4 Å². The normalized spacial score (nSPS) is 37.3. The van der Waals surface area contributed by atoms with E-state index in [2.05, 4.69) is 19.9 Å². The highest BCUT2D eigenvalue weighted by Gasteiger charge is 2.38. The molecule has 3 heteroatoms. The molecule has 0 N–H and O–H groups in total. The zero-order valence-electron chi connectivity index (χ0n) is 19.7. The lowest BCUT2D eigenvalue weighted by molar-refractivity contribution is -0.157. The second-order valence-electron chi connectivity index (χ2n) is 10.8. The number of nitriles is 1. The lowest BCUT2D eigenvalue weighted by Crippen LogP contribution is -2.33. The van der Waals surface area contributed by atoms with Gasteiger partial charge in [-0.25, -0.2) is 0 Å². The first kappa shape index (κ1) is 23.6. The second kappa shape index (κ2) is 11.5. The quantitative estimate of drug-likeness (QED) is 0.303. The number of hydrogen-bond acceptors (Lipinski definition) is 3. The van der Waals surface area contributed by atoms with Crippen LogP contribution in [0.3, 0.4) is 0 Å². The van der Waals surface area contributed by atoms with Crippen LogP contribution >= 0.6 is 0 Å². The second-order valence-corrected chi connectivity index (χ2v) is 10.8. The van der Waals surface area contributed by atoms with Crippen LogP contribution in [-0.4, -0.2) is 12.1 Å². The Hall–Kier alpha value is -1.04. The molecule has 30 heavy (non-hydrogen) atoms. The van der Waals surface area contributed by atoms with Crippen LogP contribution in [0.15, 0.2) is 0 Å². The molecule has 0 spiro atoms. The molecule has 0 aromatic carbocycles. The standard InChI is InChI=1S/C27H45NO2/c1-3-5-6-7-21-8-10-24(11-9-21)26(29)30-25-14-12-22(13-15-25)23-16-18-27(4-2,20-28)19-17-23/h21-25H,3-19H2,1-2H3/t21-,22?,23?,24-,25?,27?. The topological polar surface area (TPSA) is 50.1 Å². The molecular weight excluding hydrogens is 370 g/mol. The highest BCUT2D eigenvalue weighted by Crippen LogP contribution is 2.46. The predicted molar refractivity (Wildman–Crippen MR) is 122 cm³/mol. The third-order valence-corrected chi connectivity index (χ3v) is 8.97. The van der Waals surface area contributed by atoms with E-state index in [1.807, 2.05) is 0 Å². The van der Waals surface area contributed by atoms with Gasteiger partial charge in [0.2, 0.25) is 0 Å². The Morgan fingerprint density at radius 2 is 1.53 bits per heavy atom. The summed E-state index contributed by atoms with van der Waals surface area (Å²) in [5.74, 6) is 2.69. The molecule has 0 aromatic heterocycles. The van der Waals surface area contributed by atoms with Crippen molar-refractivity contribution in [3.8, 4) is 6.07 Å². The fourth-order valence-electron chi connectivity index (χ4n) is 6.52. The molecule has 0 aromatic rings. The zero-order chi connectivity index (χ0) is 21.4. The van der Waals surface area contributed by atoms with Gasteiger partial charge < -0.3 is 4.74 Å². The van der Waals surface area contributed by atoms with Gasteiger partial charge in [-0.3, -0.25) is 4.79 Å². The van der Waals surface area contributed by atoms with Crippen molar-refractivity contribution >= 4 is 5.97 Å². The lowest BCUT2D eigenvalue weighted by Gasteiger charge is -2.40. The summed E-state index contributed by atoms with van der Waals surface area (Å²) in [5, 5.41) is 9.53. The van der Waals surface area contributed by atoms with Crippen LogP contribution in [-0.2, 0) is 9.53 Å². The monoisotopic (exact) mass is 415 g/mol. The average molecular weight is 416 g/mol. The number of carbonyl (C=O) groups excluding carboxylic acids is 1. The Morgan fingerprint density at radius 1 is 0.900 bits per heavy atom. The molecule has 170 valence electrons. The molecule has 3 saturated carbocycles. The van der Waals surface area contributed by atoms with Crippen molar-refractivity contribution in [2.24, 2.45) is 29.1 Å². The summed E-state index contributed by atoms with van der Waals surface area (Å²) in [5.41, 5.74) is -0.0434. The van der Waals surface area contributed by atoms with Gasteiger partial charge in [-0.2, -0.15) is 5.26 Å². The van der Waals surface area contributed by atoms with Crippen molar-refractivity contribution < 1.29 is 9.53 Å². The summed E-state index contributed by atoms with van der Waals surface area (Å²) in [7, 11) is 0.